The number of carbonyl (C=O) groups excluding carboxylic acids is 2. The summed E-state index contributed by atoms with van der Waals surface area (Å²) in [6.07, 6.45) is 1.89. The van der Waals surface area contributed by atoms with Gasteiger partial charge in [-0.05, 0) is 78.2 Å². The summed E-state index contributed by atoms with van der Waals surface area (Å²) in [4.78, 5) is 30.2. The molecule has 9 nitrogen and oxygen atoms in total. The molecule has 0 spiro atoms. The van der Waals surface area contributed by atoms with Crippen molar-refractivity contribution in [2.75, 3.05) is 24.5 Å². The molecule has 1 atom stereocenters. The van der Waals surface area contributed by atoms with Crippen LogP contribution in [0, 0.1) is 0 Å². The average molecular weight is 706 g/mol. The van der Waals surface area contributed by atoms with Gasteiger partial charge in [0, 0.05) is 19.5 Å². The maximum absolute atomic E-state index is 14.7. The number of nitrogens with one attached hydrogen (secondary N) is 1. The Hall–Kier alpha value is -5.61. The van der Waals surface area contributed by atoms with Crippen LogP contribution >= 0.6 is 0 Å². The Morgan fingerprint density at radius 2 is 1.31 bits per heavy atom. The largest absolute Gasteiger partial charge is 0.497 e. The summed E-state index contributed by atoms with van der Waals surface area (Å²) in [5, 5.41) is 3.01. The van der Waals surface area contributed by atoms with Gasteiger partial charge in [-0.1, -0.05) is 92.2 Å². The molecule has 0 aliphatic heterocycles. The number of amides is 2. The summed E-state index contributed by atoms with van der Waals surface area (Å²) < 4.78 is 41.1. The molecule has 0 bridgehead atoms. The number of ether oxygens (including phenoxy) is 2. The van der Waals surface area contributed by atoms with E-state index in [0.717, 1.165) is 28.3 Å². The predicted octanol–water partition coefficient (Wildman–Crippen LogP) is 7.24. The van der Waals surface area contributed by atoms with Gasteiger partial charge in [-0.2, -0.15) is 0 Å². The minimum Gasteiger partial charge on any atom is -0.497 e. The monoisotopic (exact) mass is 705 g/mol. The van der Waals surface area contributed by atoms with Crippen molar-refractivity contribution in [3.8, 4) is 17.2 Å². The second-order valence-corrected chi connectivity index (χ2v) is 13.8. The van der Waals surface area contributed by atoms with Crippen molar-refractivity contribution < 1.29 is 27.5 Å². The van der Waals surface area contributed by atoms with Crippen LogP contribution in [0.5, 0.6) is 17.2 Å². The minimum absolute atomic E-state index is 0.0277. The SMILES string of the molecule is CCCCNC(=O)[C@H](Cc1ccccc1)N(Cc1cccc(OC)c1)C(=O)CN(c1ccc(Oc2ccccc2)cc1)S(=O)(=O)c1ccccc1. The maximum Gasteiger partial charge on any atom is 0.264 e. The molecule has 0 saturated carbocycles. The molecule has 0 radical (unpaired) electrons. The molecule has 0 fully saturated rings. The molecule has 5 rings (SSSR count). The van der Waals surface area contributed by atoms with Crippen LogP contribution in [0.1, 0.15) is 30.9 Å². The van der Waals surface area contributed by atoms with Crippen LogP contribution in [-0.4, -0.2) is 51.4 Å². The Labute approximate surface area is 300 Å². The Morgan fingerprint density at radius 3 is 1.96 bits per heavy atom. The maximum atomic E-state index is 14.7. The molecule has 0 aliphatic rings. The molecule has 0 aromatic heterocycles. The van der Waals surface area contributed by atoms with Gasteiger partial charge in [0.25, 0.3) is 10.0 Å². The van der Waals surface area contributed by atoms with Crippen molar-refractivity contribution in [1.82, 2.24) is 10.2 Å². The lowest BCUT2D eigenvalue weighted by Gasteiger charge is -2.34. The van der Waals surface area contributed by atoms with Crippen molar-refractivity contribution in [2.45, 2.75) is 43.7 Å². The fraction of sp³-hybridized carbons (Fsp3) is 0.220. The van der Waals surface area contributed by atoms with E-state index in [0.29, 0.717) is 23.8 Å². The third-order valence-electron chi connectivity index (χ3n) is 8.30. The van der Waals surface area contributed by atoms with E-state index in [1.807, 2.05) is 79.7 Å². The van der Waals surface area contributed by atoms with Crippen molar-refractivity contribution in [3.63, 3.8) is 0 Å². The molecule has 0 unspecified atom stereocenters. The van der Waals surface area contributed by atoms with Gasteiger partial charge in [0.2, 0.25) is 11.8 Å². The lowest BCUT2D eigenvalue weighted by Crippen LogP contribution is -2.53. The topological polar surface area (TPSA) is 105 Å². The van der Waals surface area contributed by atoms with E-state index in [1.54, 1.807) is 61.7 Å². The highest BCUT2D eigenvalue weighted by molar-refractivity contribution is 7.92. The molecule has 0 aliphatic carbocycles. The van der Waals surface area contributed by atoms with E-state index in [2.05, 4.69) is 5.32 Å². The first-order valence-corrected chi connectivity index (χ1v) is 18.4. The molecule has 51 heavy (non-hydrogen) atoms. The van der Waals surface area contributed by atoms with Crippen LogP contribution in [0.4, 0.5) is 5.69 Å². The smallest absolute Gasteiger partial charge is 0.264 e. The van der Waals surface area contributed by atoms with Crippen molar-refractivity contribution in [1.29, 1.82) is 0 Å². The number of para-hydroxylation sites is 1. The van der Waals surface area contributed by atoms with Gasteiger partial charge in [-0.15, -0.1) is 0 Å². The molecule has 0 heterocycles. The summed E-state index contributed by atoms with van der Waals surface area (Å²) >= 11 is 0. The van der Waals surface area contributed by atoms with E-state index in [-0.39, 0.29) is 29.5 Å². The first kappa shape index (κ1) is 36.7. The molecule has 5 aromatic rings. The Balaban J connectivity index is 1.55. The normalized spacial score (nSPS) is 11.6. The van der Waals surface area contributed by atoms with Gasteiger partial charge in [0.05, 0.1) is 17.7 Å². The van der Waals surface area contributed by atoms with Crippen LogP contribution in [0.25, 0.3) is 0 Å². The quantitative estimate of drug-likeness (QED) is 0.102. The first-order chi connectivity index (χ1) is 24.8. The fourth-order valence-corrected chi connectivity index (χ4v) is 7.02. The number of hydrogen-bond donors (Lipinski definition) is 1. The van der Waals surface area contributed by atoms with Crippen LogP contribution in [-0.2, 0) is 32.6 Å². The standard InChI is InChI=1S/C41H43N3O6S/c1-3-4-27-42-41(46)39(29-32-15-8-5-9-16-32)43(30-33-17-14-20-37(28-33)49-2)40(45)31-44(51(47,48)38-21-12-7-13-22-38)34-23-25-36(26-24-34)50-35-18-10-6-11-19-35/h5-26,28,39H,3-4,27,29-31H2,1-2H3,(H,42,46)/t39-/m0/s1. The van der Waals surface area contributed by atoms with E-state index < -0.39 is 28.5 Å². The highest BCUT2D eigenvalue weighted by Crippen LogP contribution is 2.29. The average Bonchev–Trinajstić information content (AvgIpc) is 3.16. The number of rotatable bonds is 17. The molecular formula is C41H43N3O6S. The Kier molecular flexibility index (Phi) is 12.8. The Morgan fingerprint density at radius 1 is 0.725 bits per heavy atom. The third kappa shape index (κ3) is 9.98. The van der Waals surface area contributed by atoms with Crippen LogP contribution in [0.3, 0.4) is 0 Å². The molecule has 10 heteroatoms. The summed E-state index contributed by atoms with van der Waals surface area (Å²) in [6, 6.07) is 39.6. The van der Waals surface area contributed by atoms with Crippen molar-refractivity contribution in [3.05, 3.63) is 151 Å². The number of carbonyl (C=O) groups is 2. The van der Waals surface area contributed by atoms with E-state index in [1.165, 1.54) is 17.0 Å². The summed E-state index contributed by atoms with van der Waals surface area (Å²) in [7, 11) is -2.68. The number of unbranched alkanes of at least 4 members (excludes halogenated alkanes) is 1. The molecular weight excluding hydrogens is 663 g/mol. The predicted molar refractivity (Wildman–Crippen MR) is 199 cm³/mol. The van der Waals surface area contributed by atoms with Gasteiger partial charge in [-0.25, -0.2) is 8.42 Å². The molecule has 2 amide bonds. The van der Waals surface area contributed by atoms with Gasteiger partial charge >= 0.3 is 0 Å². The first-order valence-electron chi connectivity index (χ1n) is 16.9. The lowest BCUT2D eigenvalue weighted by molar-refractivity contribution is -0.140. The van der Waals surface area contributed by atoms with Gasteiger partial charge in [0.15, 0.2) is 0 Å². The molecule has 1 N–H and O–H groups in total. The highest BCUT2D eigenvalue weighted by atomic mass is 32.2. The summed E-state index contributed by atoms with van der Waals surface area (Å²) in [5.74, 6) is 0.860. The highest BCUT2D eigenvalue weighted by Gasteiger charge is 2.34. The number of benzene rings is 5. The number of sulfonamides is 1. The molecule has 264 valence electrons. The Bertz CT molecular complexity index is 1960. The zero-order valence-corrected chi connectivity index (χ0v) is 29.7. The molecule has 0 saturated heterocycles. The number of hydrogen-bond acceptors (Lipinski definition) is 6. The number of nitrogens with zero attached hydrogens (tertiary/aromatic N) is 2. The zero-order chi connectivity index (χ0) is 36.1. The van der Waals surface area contributed by atoms with Gasteiger partial charge < -0.3 is 19.7 Å². The third-order valence-corrected chi connectivity index (χ3v) is 10.1. The van der Waals surface area contributed by atoms with E-state index in [4.69, 9.17) is 9.47 Å². The molecule has 5 aromatic carbocycles. The number of methoxy groups -OCH3 is 1. The van der Waals surface area contributed by atoms with Crippen molar-refractivity contribution in [2.24, 2.45) is 0 Å². The second-order valence-electron chi connectivity index (χ2n) is 12.0. The lowest BCUT2D eigenvalue weighted by atomic mass is 10.0. The van der Waals surface area contributed by atoms with Gasteiger partial charge in [0.1, 0.15) is 29.8 Å². The summed E-state index contributed by atoms with van der Waals surface area (Å²) in [5.41, 5.74) is 1.85. The van der Waals surface area contributed by atoms with E-state index in [9.17, 15) is 18.0 Å². The summed E-state index contributed by atoms with van der Waals surface area (Å²) in [6.45, 7) is 1.97. The van der Waals surface area contributed by atoms with Crippen LogP contribution in [0.15, 0.2) is 144 Å². The van der Waals surface area contributed by atoms with E-state index >= 15 is 0 Å². The minimum atomic E-state index is -4.24. The fourth-order valence-electron chi connectivity index (χ4n) is 5.58. The van der Waals surface area contributed by atoms with Crippen molar-refractivity contribution >= 4 is 27.5 Å². The van der Waals surface area contributed by atoms with Crippen LogP contribution in [0.2, 0.25) is 0 Å². The van der Waals surface area contributed by atoms with Gasteiger partial charge in [-0.3, -0.25) is 13.9 Å². The number of anilines is 1. The zero-order valence-electron chi connectivity index (χ0n) is 28.9. The second kappa shape index (κ2) is 17.9. The van der Waals surface area contributed by atoms with Crippen LogP contribution < -0.4 is 19.1 Å².